The van der Waals surface area contributed by atoms with Crippen LogP contribution in [0.5, 0.6) is 0 Å². The van der Waals surface area contributed by atoms with Gasteiger partial charge in [-0.25, -0.2) is 13.4 Å². The summed E-state index contributed by atoms with van der Waals surface area (Å²) in [7, 11) is -1.57. The van der Waals surface area contributed by atoms with Crippen molar-refractivity contribution in [2.45, 2.75) is 24.8 Å². The first-order chi connectivity index (χ1) is 13.8. The van der Waals surface area contributed by atoms with Crippen molar-refractivity contribution < 1.29 is 13.2 Å². The van der Waals surface area contributed by atoms with Crippen LogP contribution in [-0.2, 0) is 22.8 Å². The molecule has 0 unspecified atom stereocenters. The molecule has 0 aliphatic carbocycles. The Kier molecular flexibility index (Phi) is 8.21. The minimum atomic E-state index is -3.17. The molecule has 0 heterocycles. The zero-order valence-electron chi connectivity index (χ0n) is 17.0. The summed E-state index contributed by atoms with van der Waals surface area (Å²) in [6.07, 6.45) is 1.94. The first-order valence-corrected chi connectivity index (χ1v) is 11.3. The number of hydrogen-bond donors (Lipinski definition) is 3. The summed E-state index contributed by atoms with van der Waals surface area (Å²) in [6.45, 7) is 3.83. The fourth-order valence-corrected chi connectivity index (χ4v) is 3.33. The van der Waals surface area contributed by atoms with Gasteiger partial charge in [0, 0.05) is 32.0 Å². The molecule has 0 saturated heterocycles. The number of hydrogen-bond acceptors (Lipinski definition) is 4. The third kappa shape index (κ3) is 7.23. The van der Waals surface area contributed by atoms with E-state index in [-0.39, 0.29) is 5.91 Å². The molecule has 0 saturated carbocycles. The predicted molar refractivity (Wildman–Crippen MR) is 116 cm³/mol. The summed E-state index contributed by atoms with van der Waals surface area (Å²) in [5.41, 5.74) is 2.59. The van der Waals surface area contributed by atoms with E-state index in [0.29, 0.717) is 29.5 Å². The van der Waals surface area contributed by atoms with Gasteiger partial charge in [0.15, 0.2) is 15.8 Å². The van der Waals surface area contributed by atoms with Crippen molar-refractivity contribution >= 4 is 21.7 Å². The van der Waals surface area contributed by atoms with Gasteiger partial charge in [0.25, 0.3) is 5.91 Å². The van der Waals surface area contributed by atoms with Gasteiger partial charge in [-0.1, -0.05) is 24.3 Å². The van der Waals surface area contributed by atoms with Crippen LogP contribution in [0.3, 0.4) is 0 Å². The molecule has 0 atom stereocenters. The Bertz CT molecular complexity index is 954. The van der Waals surface area contributed by atoms with Gasteiger partial charge in [0.05, 0.1) is 11.4 Å². The Morgan fingerprint density at radius 1 is 1.03 bits per heavy atom. The van der Waals surface area contributed by atoms with E-state index in [9.17, 15) is 13.2 Å². The van der Waals surface area contributed by atoms with Crippen LogP contribution in [0, 0.1) is 0 Å². The molecule has 3 N–H and O–H groups in total. The summed E-state index contributed by atoms with van der Waals surface area (Å²) in [6, 6.07) is 14.3. The topological polar surface area (TPSA) is 99.7 Å². The molecule has 8 heteroatoms. The Labute approximate surface area is 172 Å². The number of nitrogens with zero attached hydrogens (tertiary/aromatic N) is 1. The maximum absolute atomic E-state index is 11.8. The van der Waals surface area contributed by atoms with Gasteiger partial charge in [0.1, 0.15) is 0 Å². The lowest BCUT2D eigenvalue weighted by Gasteiger charge is -2.12. The lowest BCUT2D eigenvalue weighted by atomic mass is 10.1. The zero-order valence-corrected chi connectivity index (χ0v) is 17.8. The molecule has 0 radical (unpaired) electrons. The Hall–Kier alpha value is -2.87. The number of benzene rings is 2. The van der Waals surface area contributed by atoms with Crippen molar-refractivity contribution in [1.82, 2.24) is 16.0 Å². The quantitative estimate of drug-likeness (QED) is 0.450. The van der Waals surface area contributed by atoms with E-state index >= 15 is 0 Å². The molecule has 0 spiro atoms. The Morgan fingerprint density at radius 3 is 2.38 bits per heavy atom. The lowest BCUT2D eigenvalue weighted by Crippen LogP contribution is -2.38. The van der Waals surface area contributed by atoms with Gasteiger partial charge in [-0.3, -0.25) is 4.79 Å². The minimum absolute atomic E-state index is 0.122. The van der Waals surface area contributed by atoms with E-state index < -0.39 is 9.84 Å². The number of amides is 1. The average molecular weight is 417 g/mol. The third-order valence-electron chi connectivity index (χ3n) is 4.24. The third-order valence-corrected chi connectivity index (χ3v) is 5.37. The molecule has 1 amide bonds. The van der Waals surface area contributed by atoms with Gasteiger partial charge < -0.3 is 16.0 Å². The van der Waals surface area contributed by atoms with Crippen molar-refractivity contribution in [3.8, 4) is 0 Å². The van der Waals surface area contributed by atoms with Crippen LogP contribution < -0.4 is 16.0 Å². The second kappa shape index (κ2) is 10.6. The van der Waals surface area contributed by atoms with Crippen LogP contribution in [0.4, 0.5) is 0 Å². The van der Waals surface area contributed by atoms with E-state index in [4.69, 9.17) is 0 Å². The van der Waals surface area contributed by atoms with E-state index in [1.165, 1.54) is 6.26 Å². The maximum Gasteiger partial charge on any atom is 0.251 e. The van der Waals surface area contributed by atoms with Gasteiger partial charge in [-0.05, 0) is 48.7 Å². The maximum atomic E-state index is 11.8. The summed E-state index contributed by atoms with van der Waals surface area (Å²) in [4.78, 5) is 16.6. The zero-order chi connectivity index (χ0) is 21.3. The summed E-state index contributed by atoms with van der Waals surface area (Å²) >= 11 is 0. The highest BCUT2D eigenvalue weighted by Gasteiger charge is 2.06. The number of guanidine groups is 1. The molecule has 0 aromatic heterocycles. The molecule has 0 fully saturated rings. The molecule has 0 aliphatic heterocycles. The second-order valence-electron chi connectivity index (χ2n) is 6.57. The molecule has 156 valence electrons. The normalized spacial score (nSPS) is 11.8. The largest absolute Gasteiger partial charge is 0.357 e. The first kappa shape index (κ1) is 22.4. The number of carbonyl (C=O) groups excluding carboxylic acids is 1. The van der Waals surface area contributed by atoms with Crippen molar-refractivity contribution in [1.29, 1.82) is 0 Å². The minimum Gasteiger partial charge on any atom is -0.357 e. The molecular formula is C21H28N4O3S. The Morgan fingerprint density at radius 2 is 1.76 bits per heavy atom. The number of aliphatic imine (C=N–C) groups is 1. The molecule has 2 rings (SSSR count). The average Bonchev–Trinajstić information content (AvgIpc) is 2.71. The highest BCUT2D eigenvalue weighted by Crippen LogP contribution is 2.10. The molecular weight excluding hydrogens is 388 g/mol. The van der Waals surface area contributed by atoms with Gasteiger partial charge in [0.2, 0.25) is 0 Å². The fourth-order valence-electron chi connectivity index (χ4n) is 2.70. The van der Waals surface area contributed by atoms with E-state index in [0.717, 1.165) is 24.1 Å². The lowest BCUT2D eigenvalue weighted by molar-refractivity contribution is 0.0963. The van der Waals surface area contributed by atoms with Gasteiger partial charge in [-0.15, -0.1) is 0 Å². The van der Waals surface area contributed by atoms with Crippen molar-refractivity contribution in [2.24, 2.45) is 4.99 Å². The first-order valence-electron chi connectivity index (χ1n) is 9.45. The van der Waals surface area contributed by atoms with Crippen LogP contribution in [0.25, 0.3) is 0 Å². The predicted octanol–water partition coefficient (Wildman–Crippen LogP) is 1.75. The molecule has 2 aromatic carbocycles. The van der Waals surface area contributed by atoms with Gasteiger partial charge in [-0.2, -0.15) is 0 Å². The number of sulfone groups is 1. The van der Waals surface area contributed by atoms with Crippen molar-refractivity contribution in [2.75, 3.05) is 26.4 Å². The Balaban J connectivity index is 1.95. The number of nitrogens with one attached hydrogen (secondary N) is 3. The summed E-state index contributed by atoms with van der Waals surface area (Å²) < 4.78 is 23.1. The molecule has 0 bridgehead atoms. The molecule has 2 aromatic rings. The number of rotatable bonds is 8. The monoisotopic (exact) mass is 416 g/mol. The van der Waals surface area contributed by atoms with Crippen LogP contribution in [0.15, 0.2) is 58.4 Å². The van der Waals surface area contributed by atoms with Crippen molar-refractivity contribution in [3.05, 3.63) is 65.2 Å². The second-order valence-corrected chi connectivity index (χ2v) is 8.58. The fraction of sp³-hybridized carbons (Fsp3) is 0.333. The van der Waals surface area contributed by atoms with E-state index in [1.54, 1.807) is 25.2 Å². The molecule has 0 aliphatic rings. The van der Waals surface area contributed by atoms with Crippen LogP contribution in [-0.4, -0.2) is 46.7 Å². The number of carbonyl (C=O) groups is 1. The van der Waals surface area contributed by atoms with Crippen LogP contribution in [0.1, 0.15) is 28.4 Å². The van der Waals surface area contributed by atoms with Crippen molar-refractivity contribution in [3.63, 3.8) is 0 Å². The summed E-state index contributed by atoms with van der Waals surface area (Å²) in [5.74, 6) is 0.563. The van der Waals surface area contributed by atoms with E-state index in [2.05, 4.69) is 20.9 Å². The van der Waals surface area contributed by atoms with Crippen LogP contribution >= 0.6 is 0 Å². The molecule has 29 heavy (non-hydrogen) atoms. The summed E-state index contributed by atoms with van der Waals surface area (Å²) in [5, 5.41) is 9.09. The van der Waals surface area contributed by atoms with E-state index in [1.807, 2.05) is 37.3 Å². The SMILES string of the molecule is CCNC(=NCc1cccc(C(=O)NC)c1)NCCc1ccc(S(C)(=O)=O)cc1. The molecule has 7 nitrogen and oxygen atoms in total. The standard InChI is InChI=1S/C21H28N4O3S/c1-4-23-21(25-15-17-6-5-7-18(14-17)20(26)22-2)24-13-12-16-8-10-19(11-9-16)29(3,27)28/h5-11,14H,4,12-13,15H2,1-3H3,(H,22,26)(H2,23,24,25). The highest BCUT2D eigenvalue weighted by molar-refractivity contribution is 7.90. The van der Waals surface area contributed by atoms with Crippen LogP contribution in [0.2, 0.25) is 0 Å². The highest BCUT2D eigenvalue weighted by atomic mass is 32.2. The van der Waals surface area contributed by atoms with Gasteiger partial charge >= 0.3 is 0 Å². The smallest absolute Gasteiger partial charge is 0.251 e.